The van der Waals surface area contributed by atoms with E-state index in [0.717, 1.165) is 28.2 Å². The first-order valence-electron chi connectivity index (χ1n) is 7.74. The molecule has 1 aromatic carbocycles. The van der Waals surface area contributed by atoms with Gasteiger partial charge in [0, 0.05) is 17.5 Å². The van der Waals surface area contributed by atoms with Crippen LogP contribution < -0.4 is 4.74 Å². The summed E-state index contributed by atoms with van der Waals surface area (Å²) in [5, 5.41) is 7.12. The second-order valence-electron chi connectivity index (χ2n) is 5.90. The van der Waals surface area contributed by atoms with Gasteiger partial charge in [0.2, 0.25) is 0 Å². The topological polar surface area (TPSA) is 84.9 Å². The van der Waals surface area contributed by atoms with Gasteiger partial charge in [-0.25, -0.2) is 8.42 Å². The van der Waals surface area contributed by atoms with E-state index in [1.807, 2.05) is 32.0 Å². The van der Waals surface area contributed by atoms with Crippen molar-refractivity contribution < 1.29 is 13.2 Å². The highest BCUT2D eigenvalue weighted by atomic mass is 32.2. The fourth-order valence-electron chi connectivity index (χ4n) is 2.57. The van der Waals surface area contributed by atoms with Crippen LogP contribution in [-0.4, -0.2) is 29.9 Å². The molecule has 0 aliphatic carbocycles. The van der Waals surface area contributed by atoms with Crippen LogP contribution in [0, 0.1) is 13.8 Å². The van der Waals surface area contributed by atoms with Crippen LogP contribution in [0.3, 0.4) is 0 Å². The lowest BCUT2D eigenvalue weighted by Crippen LogP contribution is -2.00. The number of nitrogens with one attached hydrogen (secondary N) is 1. The maximum Gasteiger partial charge on any atom is 0.175 e. The lowest BCUT2D eigenvalue weighted by molar-refractivity contribution is 0.305. The number of benzene rings is 1. The van der Waals surface area contributed by atoms with Crippen LogP contribution in [0.25, 0.3) is 11.3 Å². The van der Waals surface area contributed by atoms with Crippen molar-refractivity contribution in [2.24, 2.45) is 0 Å². The maximum absolute atomic E-state index is 11.6. The molecule has 0 amide bonds. The molecule has 2 aromatic heterocycles. The number of pyridine rings is 1. The Kier molecular flexibility index (Phi) is 4.59. The minimum absolute atomic E-state index is 0.272. The predicted octanol–water partition coefficient (Wildman–Crippen LogP) is 3.07. The summed E-state index contributed by atoms with van der Waals surface area (Å²) in [4.78, 5) is 4.72. The second kappa shape index (κ2) is 6.68. The summed E-state index contributed by atoms with van der Waals surface area (Å²) in [6.07, 6.45) is 2.84. The number of H-pyrrole nitrogens is 1. The smallest absolute Gasteiger partial charge is 0.175 e. The van der Waals surface area contributed by atoms with Gasteiger partial charge in [0.1, 0.15) is 12.4 Å². The number of hydrogen-bond acceptors (Lipinski definition) is 5. The molecule has 0 radical (unpaired) electrons. The Morgan fingerprint density at radius 1 is 1.16 bits per heavy atom. The Labute approximate surface area is 146 Å². The molecule has 0 saturated heterocycles. The highest BCUT2D eigenvalue weighted by Gasteiger charge is 2.11. The number of aromatic nitrogens is 3. The van der Waals surface area contributed by atoms with Crippen molar-refractivity contribution in [3.05, 3.63) is 59.5 Å². The van der Waals surface area contributed by atoms with Gasteiger partial charge in [-0.1, -0.05) is 12.1 Å². The molecule has 6 nitrogen and oxygen atoms in total. The second-order valence-corrected chi connectivity index (χ2v) is 7.91. The van der Waals surface area contributed by atoms with Crippen LogP contribution in [0.1, 0.15) is 17.0 Å². The van der Waals surface area contributed by atoms with E-state index in [4.69, 9.17) is 4.74 Å². The molecule has 130 valence electrons. The minimum atomic E-state index is -3.22. The van der Waals surface area contributed by atoms with Crippen LogP contribution >= 0.6 is 0 Å². The molecule has 0 unspecified atom stereocenters. The van der Waals surface area contributed by atoms with Gasteiger partial charge in [-0.2, -0.15) is 5.10 Å². The van der Waals surface area contributed by atoms with Crippen molar-refractivity contribution in [1.82, 2.24) is 15.2 Å². The molecule has 3 rings (SSSR count). The van der Waals surface area contributed by atoms with Crippen LogP contribution in [0.2, 0.25) is 0 Å². The fourth-order valence-corrected chi connectivity index (χ4v) is 3.27. The zero-order valence-corrected chi connectivity index (χ0v) is 15.1. The maximum atomic E-state index is 11.6. The van der Waals surface area contributed by atoms with E-state index in [2.05, 4.69) is 15.2 Å². The quantitative estimate of drug-likeness (QED) is 0.758. The first kappa shape index (κ1) is 17.2. The van der Waals surface area contributed by atoms with Gasteiger partial charge in [-0.15, -0.1) is 0 Å². The van der Waals surface area contributed by atoms with Crippen LogP contribution in [-0.2, 0) is 16.4 Å². The van der Waals surface area contributed by atoms with E-state index < -0.39 is 9.84 Å². The van der Waals surface area contributed by atoms with Crippen molar-refractivity contribution in [1.29, 1.82) is 0 Å². The first-order chi connectivity index (χ1) is 11.8. The SMILES string of the molecule is Cc1n[nH]c(C)c1-c1ccc(OCc2cccc(S(C)(=O)=O)c2)cn1. The number of rotatable bonds is 5. The van der Waals surface area contributed by atoms with Gasteiger partial charge in [-0.3, -0.25) is 10.1 Å². The molecule has 0 bridgehead atoms. The molecule has 0 spiro atoms. The Hall–Kier alpha value is -2.67. The van der Waals surface area contributed by atoms with Gasteiger partial charge in [-0.05, 0) is 43.7 Å². The van der Waals surface area contributed by atoms with Gasteiger partial charge in [0.15, 0.2) is 9.84 Å². The molecule has 2 heterocycles. The summed E-state index contributed by atoms with van der Waals surface area (Å²) in [5.41, 5.74) is 4.48. The fraction of sp³-hybridized carbons (Fsp3) is 0.222. The van der Waals surface area contributed by atoms with Crippen molar-refractivity contribution in [3.63, 3.8) is 0 Å². The van der Waals surface area contributed by atoms with E-state index in [9.17, 15) is 8.42 Å². The van der Waals surface area contributed by atoms with Crippen molar-refractivity contribution in [3.8, 4) is 17.0 Å². The van der Waals surface area contributed by atoms with Crippen LogP contribution in [0.5, 0.6) is 5.75 Å². The first-order valence-corrected chi connectivity index (χ1v) is 9.63. The molecular weight excluding hydrogens is 338 g/mol. The molecule has 0 saturated carbocycles. The van der Waals surface area contributed by atoms with Gasteiger partial charge < -0.3 is 4.74 Å². The largest absolute Gasteiger partial charge is 0.487 e. The van der Waals surface area contributed by atoms with Crippen molar-refractivity contribution in [2.45, 2.75) is 25.3 Å². The summed E-state index contributed by atoms with van der Waals surface area (Å²) in [6.45, 7) is 4.16. The van der Waals surface area contributed by atoms with E-state index in [1.165, 1.54) is 6.26 Å². The number of nitrogens with zero attached hydrogens (tertiary/aromatic N) is 2. The van der Waals surface area contributed by atoms with Gasteiger partial charge >= 0.3 is 0 Å². The molecule has 25 heavy (non-hydrogen) atoms. The Morgan fingerprint density at radius 3 is 2.56 bits per heavy atom. The molecule has 7 heteroatoms. The molecule has 1 N–H and O–H groups in total. The summed E-state index contributed by atoms with van der Waals surface area (Å²) in [6, 6.07) is 10.5. The monoisotopic (exact) mass is 357 g/mol. The molecule has 3 aromatic rings. The minimum Gasteiger partial charge on any atom is -0.487 e. The highest BCUT2D eigenvalue weighted by Crippen LogP contribution is 2.25. The van der Waals surface area contributed by atoms with Gasteiger partial charge in [0.05, 0.1) is 22.5 Å². The summed E-state index contributed by atoms with van der Waals surface area (Å²) < 4.78 is 28.9. The lowest BCUT2D eigenvalue weighted by Gasteiger charge is -2.08. The Bertz CT molecular complexity index is 973. The van der Waals surface area contributed by atoms with Crippen molar-refractivity contribution in [2.75, 3.05) is 6.26 Å². The van der Waals surface area contributed by atoms with E-state index in [-0.39, 0.29) is 11.5 Å². The summed E-state index contributed by atoms with van der Waals surface area (Å²) in [5.74, 6) is 0.618. The lowest BCUT2D eigenvalue weighted by atomic mass is 10.1. The number of hydrogen-bond donors (Lipinski definition) is 1. The third kappa shape index (κ3) is 3.88. The molecule has 0 atom stereocenters. The predicted molar refractivity (Wildman–Crippen MR) is 95.2 cm³/mol. The highest BCUT2D eigenvalue weighted by molar-refractivity contribution is 7.90. The molecule has 0 fully saturated rings. The Morgan fingerprint density at radius 2 is 1.96 bits per heavy atom. The van der Waals surface area contributed by atoms with Crippen molar-refractivity contribution >= 4 is 9.84 Å². The van der Waals surface area contributed by atoms with Gasteiger partial charge in [0.25, 0.3) is 0 Å². The zero-order chi connectivity index (χ0) is 18.0. The van der Waals surface area contributed by atoms with E-state index >= 15 is 0 Å². The average Bonchev–Trinajstić information content (AvgIpc) is 2.92. The van der Waals surface area contributed by atoms with E-state index in [0.29, 0.717) is 5.75 Å². The molecular formula is C18H19N3O3S. The Balaban J connectivity index is 1.73. The summed E-state index contributed by atoms with van der Waals surface area (Å²) in [7, 11) is -3.22. The van der Waals surface area contributed by atoms with Crippen LogP contribution in [0.4, 0.5) is 0 Å². The summed E-state index contributed by atoms with van der Waals surface area (Å²) >= 11 is 0. The average molecular weight is 357 g/mol. The zero-order valence-electron chi connectivity index (χ0n) is 14.3. The third-order valence-electron chi connectivity index (χ3n) is 3.85. The standard InChI is InChI=1S/C18H19N3O3S/c1-12-18(13(2)21-20-12)17-8-7-15(10-19-17)24-11-14-5-4-6-16(9-14)25(3,22)23/h4-10H,11H2,1-3H3,(H,20,21). The number of aromatic amines is 1. The normalized spacial score (nSPS) is 11.5. The number of sulfone groups is 1. The number of ether oxygens (including phenoxy) is 1. The molecule has 0 aliphatic rings. The van der Waals surface area contributed by atoms with E-state index in [1.54, 1.807) is 24.4 Å². The third-order valence-corrected chi connectivity index (χ3v) is 4.96. The molecule has 0 aliphatic heterocycles. The van der Waals surface area contributed by atoms with Crippen LogP contribution in [0.15, 0.2) is 47.5 Å². The number of aryl methyl sites for hydroxylation is 2.